The molecule has 174 valence electrons. The summed E-state index contributed by atoms with van der Waals surface area (Å²) in [6.45, 7) is 3.28. The van der Waals surface area contributed by atoms with Crippen LogP contribution in [-0.2, 0) is 18.3 Å². The molecule has 0 bridgehead atoms. The maximum Gasteiger partial charge on any atom is 0.196 e. The summed E-state index contributed by atoms with van der Waals surface area (Å²) in [7, 11) is 1.91. The molecular formula is C23H34N6O3. The SMILES string of the molecule is Cn1cnnc1CN=C(NCCCOC1CCCCC1)Nc1ccc2c(c1)OCCCO2. The minimum atomic E-state index is 0.426. The summed E-state index contributed by atoms with van der Waals surface area (Å²) in [6, 6.07) is 5.85. The molecule has 2 N–H and O–H groups in total. The highest BCUT2D eigenvalue weighted by Crippen LogP contribution is 2.32. The molecule has 1 saturated carbocycles. The van der Waals surface area contributed by atoms with Crippen LogP contribution in [0.5, 0.6) is 11.5 Å². The second-order valence-corrected chi connectivity index (χ2v) is 8.27. The largest absolute Gasteiger partial charge is 0.490 e. The molecule has 1 fully saturated rings. The van der Waals surface area contributed by atoms with Gasteiger partial charge in [-0.05, 0) is 31.4 Å². The van der Waals surface area contributed by atoms with Gasteiger partial charge < -0.3 is 29.4 Å². The molecule has 32 heavy (non-hydrogen) atoms. The zero-order chi connectivity index (χ0) is 22.0. The molecule has 1 aliphatic heterocycles. The van der Waals surface area contributed by atoms with Crippen LogP contribution >= 0.6 is 0 Å². The number of rotatable bonds is 8. The highest BCUT2D eigenvalue weighted by molar-refractivity contribution is 5.93. The molecule has 0 spiro atoms. The van der Waals surface area contributed by atoms with E-state index in [-0.39, 0.29) is 0 Å². The van der Waals surface area contributed by atoms with Crippen LogP contribution in [-0.4, -0.2) is 53.2 Å². The molecule has 1 aromatic heterocycles. The lowest BCUT2D eigenvalue weighted by Gasteiger charge is -2.22. The fourth-order valence-electron chi connectivity index (χ4n) is 3.88. The van der Waals surface area contributed by atoms with E-state index in [2.05, 4.69) is 20.8 Å². The Bertz CT molecular complexity index is 878. The fourth-order valence-corrected chi connectivity index (χ4v) is 3.88. The van der Waals surface area contributed by atoms with Crippen molar-refractivity contribution in [3.8, 4) is 11.5 Å². The summed E-state index contributed by atoms with van der Waals surface area (Å²) < 4.78 is 19.4. The number of nitrogens with zero attached hydrogens (tertiary/aromatic N) is 4. The van der Waals surface area contributed by atoms with Crippen molar-refractivity contribution >= 4 is 11.6 Å². The molecule has 2 heterocycles. The van der Waals surface area contributed by atoms with E-state index >= 15 is 0 Å². The Morgan fingerprint density at radius 2 is 2.00 bits per heavy atom. The van der Waals surface area contributed by atoms with E-state index in [1.165, 1.54) is 32.1 Å². The van der Waals surface area contributed by atoms with E-state index in [9.17, 15) is 0 Å². The monoisotopic (exact) mass is 442 g/mol. The third-order valence-electron chi connectivity index (χ3n) is 5.71. The van der Waals surface area contributed by atoms with Gasteiger partial charge in [-0.25, -0.2) is 4.99 Å². The molecule has 9 nitrogen and oxygen atoms in total. The van der Waals surface area contributed by atoms with Crippen LogP contribution in [0.3, 0.4) is 0 Å². The van der Waals surface area contributed by atoms with E-state index in [4.69, 9.17) is 19.2 Å². The summed E-state index contributed by atoms with van der Waals surface area (Å²) in [6.07, 6.45) is 10.2. The van der Waals surface area contributed by atoms with Crippen molar-refractivity contribution in [2.45, 2.75) is 57.6 Å². The maximum atomic E-state index is 6.04. The van der Waals surface area contributed by atoms with Gasteiger partial charge in [0.15, 0.2) is 23.3 Å². The molecule has 2 aromatic rings. The number of benzene rings is 1. The molecule has 0 atom stereocenters. The Kier molecular flexibility index (Phi) is 8.19. The number of aliphatic imine (C=N–C) groups is 1. The zero-order valence-electron chi connectivity index (χ0n) is 18.9. The first-order valence-corrected chi connectivity index (χ1v) is 11.7. The first-order chi connectivity index (χ1) is 15.8. The van der Waals surface area contributed by atoms with Crippen molar-refractivity contribution in [2.75, 3.05) is 31.7 Å². The highest BCUT2D eigenvalue weighted by atomic mass is 16.5. The Morgan fingerprint density at radius 1 is 1.16 bits per heavy atom. The van der Waals surface area contributed by atoms with Gasteiger partial charge in [0, 0.05) is 38.4 Å². The number of aromatic nitrogens is 3. The summed E-state index contributed by atoms with van der Waals surface area (Å²) in [5, 5.41) is 14.8. The predicted octanol–water partition coefficient (Wildman–Crippen LogP) is 3.27. The molecule has 1 aliphatic carbocycles. The van der Waals surface area contributed by atoms with E-state index in [1.807, 2.05) is 29.8 Å². The summed E-state index contributed by atoms with van der Waals surface area (Å²) in [5.74, 6) is 3.00. The van der Waals surface area contributed by atoms with Gasteiger partial charge in [0.1, 0.15) is 12.9 Å². The molecule has 0 saturated heterocycles. The van der Waals surface area contributed by atoms with Crippen molar-refractivity contribution < 1.29 is 14.2 Å². The van der Waals surface area contributed by atoms with Gasteiger partial charge in [-0.2, -0.15) is 0 Å². The number of hydrogen-bond acceptors (Lipinski definition) is 6. The van der Waals surface area contributed by atoms with E-state index in [1.54, 1.807) is 6.33 Å². The first kappa shape index (κ1) is 22.4. The van der Waals surface area contributed by atoms with Crippen LogP contribution in [0.4, 0.5) is 5.69 Å². The highest BCUT2D eigenvalue weighted by Gasteiger charge is 2.14. The van der Waals surface area contributed by atoms with Gasteiger partial charge >= 0.3 is 0 Å². The number of fused-ring (bicyclic) bond motifs is 1. The van der Waals surface area contributed by atoms with Gasteiger partial charge in [-0.3, -0.25) is 0 Å². The number of aryl methyl sites for hydroxylation is 1. The Balaban J connectivity index is 1.34. The minimum Gasteiger partial charge on any atom is -0.490 e. The average Bonchev–Trinajstić information content (AvgIpc) is 3.08. The smallest absolute Gasteiger partial charge is 0.196 e. The summed E-state index contributed by atoms with van der Waals surface area (Å²) >= 11 is 0. The second kappa shape index (κ2) is 11.7. The van der Waals surface area contributed by atoms with Crippen LogP contribution < -0.4 is 20.1 Å². The normalized spacial score (nSPS) is 17.1. The van der Waals surface area contributed by atoms with Crippen LogP contribution in [0.15, 0.2) is 29.5 Å². The topological polar surface area (TPSA) is 94.8 Å². The van der Waals surface area contributed by atoms with Gasteiger partial charge in [0.2, 0.25) is 0 Å². The lowest BCUT2D eigenvalue weighted by atomic mass is 9.98. The third kappa shape index (κ3) is 6.59. The van der Waals surface area contributed by atoms with Crippen LogP contribution in [0.25, 0.3) is 0 Å². The molecule has 0 unspecified atom stereocenters. The lowest BCUT2D eigenvalue weighted by molar-refractivity contribution is 0.0277. The van der Waals surface area contributed by atoms with Gasteiger partial charge in [-0.15, -0.1) is 10.2 Å². The quantitative estimate of drug-likeness (QED) is 0.368. The van der Waals surface area contributed by atoms with Gasteiger partial charge in [-0.1, -0.05) is 19.3 Å². The molecule has 0 radical (unpaired) electrons. The van der Waals surface area contributed by atoms with E-state index in [0.29, 0.717) is 31.8 Å². The van der Waals surface area contributed by atoms with Crippen molar-refractivity contribution in [2.24, 2.45) is 12.0 Å². The van der Waals surface area contributed by atoms with Crippen molar-refractivity contribution in [1.82, 2.24) is 20.1 Å². The molecular weight excluding hydrogens is 408 g/mol. The fraction of sp³-hybridized carbons (Fsp3) is 0.609. The first-order valence-electron chi connectivity index (χ1n) is 11.7. The Morgan fingerprint density at radius 3 is 2.81 bits per heavy atom. The number of hydrogen-bond donors (Lipinski definition) is 2. The molecule has 0 amide bonds. The zero-order valence-corrected chi connectivity index (χ0v) is 18.9. The minimum absolute atomic E-state index is 0.426. The van der Waals surface area contributed by atoms with E-state index in [0.717, 1.165) is 49.0 Å². The van der Waals surface area contributed by atoms with Crippen molar-refractivity contribution in [1.29, 1.82) is 0 Å². The summed E-state index contributed by atoms with van der Waals surface area (Å²) in [4.78, 5) is 4.70. The predicted molar refractivity (Wildman–Crippen MR) is 123 cm³/mol. The molecule has 2 aliphatic rings. The average molecular weight is 443 g/mol. The second-order valence-electron chi connectivity index (χ2n) is 8.27. The lowest BCUT2D eigenvalue weighted by Crippen LogP contribution is -2.32. The number of anilines is 1. The Hall–Kier alpha value is -2.81. The standard InChI is InChI=1S/C23H34N6O3/c1-29-17-26-28-22(29)16-25-23(24-11-5-12-30-19-7-3-2-4-8-19)27-18-9-10-20-21(15-18)32-14-6-13-31-20/h9-10,15,17,19H,2-8,11-14,16H2,1H3,(H2,24,25,27). The van der Waals surface area contributed by atoms with Crippen LogP contribution in [0, 0.1) is 0 Å². The number of guanidine groups is 1. The number of ether oxygens (including phenoxy) is 3. The molecule has 1 aromatic carbocycles. The third-order valence-corrected chi connectivity index (χ3v) is 5.71. The van der Waals surface area contributed by atoms with Crippen LogP contribution in [0.1, 0.15) is 50.8 Å². The van der Waals surface area contributed by atoms with Gasteiger partial charge in [0.05, 0.1) is 19.3 Å². The number of nitrogens with one attached hydrogen (secondary N) is 2. The molecule has 9 heteroatoms. The maximum absolute atomic E-state index is 6.04. The van der Waals surface area contributed by atoms with Crippen molar-refractivity contribution in [3.05, 3.63) is 30.4 Å². The van der Waals surface area contributed by atoms with Gasteiger partial charge in [0.25, 0.3) is 0 Å². The summed E-state index contributed by atoms with van der Waals surface area (Å²) in [5.41, 5.74) is 0.886. The van der Waals surface area contributed by atoms with Crippen molar-refractivity contribution in [3.63, 3.8) is 0 Å². The van der Waals surface area contributed by atoms with Crippen LogP contribution in [0.2, 0.25) is 0 Å². The van der Waals surface area contributed by atoms with E-state index < -0.39 is 0 Å². The Labute approximate surface area is 189 Å². The molecule has 4 rings (SSSR count).